The second-order valence-electron chi connectivity index (χ2n) is 4.80. The highest BCUT2D eigenvalue weighted by atomic mass is 127. The van der Waals surface area contributed by atoms with Crippen molar-refractivity contribution >= 4 is 34.7 Å². The normalized spacial score (nSPS) is 10.3. The third-order valence-electron chi connectivity index (χ3n) is 3.04. The Morgan fingerprint density at radius 1 is 1.40 bits per heavy atom. The van der Waals surface area contributed by atoms with E-state index in [2.05, 4.69) is 39.7 Å². The second kappa shape index (κ2) is 8.94. The standard InChI is InChI=1S/C18H13FIN3O2/c1-2-7-25-17-6-4-13(9-16(17)20)11-22-23-18(24)14-5-3-12(10-21)8-15(14)19/h2-6,8-9,11H,1,7H2,(H,23,24)/b22-11-. The van der Waals surface area contributed by atoms with Crippen LogP contribution in [0.15, 0.2) is 54.2 Å². The van der Waals surface area contributed by atoms with Crippen molar-refractivity contribution in [2.75, 3.05) is 6.61 Å². The van der Waals surface area contributed by atoms with E-state index in [9.17, 15) is 9.18 Å². The third kappa shape index (κ3) is 5.12. The number of nitriles is 1. The lowest BCUT2D eigenvalue weighted by atomic mass is 10.1. The number of nitrogens with zero attached hydrogens (tertiary/aromatic N) is 2. The van der Waals surface area contributed by atoms with Gasteiger partial charge in [-0.25, -0.2) is 9.82 Å². The molecule has 126 valence electrons. The molecule has 0 bridgehead atoms. The van der Waals surface area contributed by atoms with Crippen LogP contribution >= 0.6 is 22.6 Å². The molecule has 2 rings (SSSR count). The minimum atomic E-state index is -0.773. The summed E-state index contributed by atoms with van der Waals surface area (Å²) in [6.07, 6.45) is 3.10. The van der Waals surface area contributed by atoms with E-state index in [0.29, 0.717) is 6.61 Å². The monoisotopic (exact) mass is 449 g/mol. The summed E-state index contributed by atoms with van der Waals surface area (Å²) in [5.41, 5.74) is 2.96. The number of hydrogen-bond acceptors (Lipinski definition) is 4. The minimum absolute atomic E-state index is 0.144. The van der Waals surface area contributed by atoms with Crippen LogP contribution in [0.1, 0.15) is 21.5 Å². The van der Waals surface area contributed by atoms with Gasteiger partial charge in [-0.1, -0.05) is 12.7 Å². The van der Waals surface area contributed by atoms with Crippen LogP contribution in [-0.2, 0) is 0 Å². The first-order chi connectivity index (χ1) is 12.0. The number of rotatable bonds is 6. The molecular formula is C18H13FIN3O2. The number of carbonyl (C=O) groups is 1. The summed E-state index contributed by atoms with van der Waals surface area (Å²) in [6, 6.07) is 10.8. The summed E-state index contributed by atoms with van der Waals surface area (Å²) < 4.78 is 20.1. The molecule has 0 aromatic heterocycles. The lowest BCUT2D eigenvalue weighted by molar-refractivity contribution is 0.0951. The van der Waals surface area contributed by atoms with Gasteiger partial charge in [0.2, 0.25) is 0 Å². The summed E-state index contributed by atoms with van der Waals surface area (Å²) in [6.45, 7) is 4.00. The summed E-state index contributed by atoms with van der Waals surface area (Å²) >= 11 is 2.13. The Morgan fingerprint density at radius 3 is 2.84 bits per heavy atom. The Balaban J connectivity index is 2.03. The predicted molar refractivity (Wildman–Crippen MR) is 101 cm³/mol. The number of hydrogen-bond donors (Lipinski definition) is 1. The summed E-state index contributed by atoms with van der Waals surface area (Å²) in [4.78, 5) is 11.9. The van der Waals surface area contributed by atoms with Crippen molar-refractivity contribution in [2.45, 2.75) is 0 Å². The van der Waals surface area contributed by atoms with Crippen molar-refractivity contribution in [2.24, 2.45) is 5.10 Å². The van der Waals surface area contributed by atoms with Crippen LogP contribution in [-0.4, -0.2) is 18.7 Å². The molecule has 0 aliphatic heterocycles. The lowest BCUT2D eigenvalue weighted by Gasteiger charge is -2.06. The fraction of sp³-hybridized carbons (Fsp3) is 0.0556. The molecule has 0 radical (unpaired) electrons. The Labute approximate surface area is 157 Å². The molecule has 25 heavy (non-hydrogen) atoms. The van der Waals surface area contributed by atoms with Gasteiger partial charge in [-0.3, -0.25) is 4.79 Å². The van der Waals surface area contributed by atoms with E-state index >= 15 is 0 Å². The van der Waals surface area contributed by atoms with E-state index in [0.717, 1.165) is 20.9 Å². The summed E-state index contributed by atoms with van der Waals surface area (Å²) in [7, 11) is 0. The molecule has 0 heterocycles. The molecule has 7 heteroatoms. The predicted octanol–water partition coefficient (Wildman–Crippen LogP) is 3.63. The highest BCUT2D eigenvalue weighted by Gasteiger charge is 2.11. The lowest BCUT2D eigenvalue weighted by Crippen LogP contribution is -2.19. The molecule has 1 N–H and O–H groups in total. The number of amides is 1. The molecule has 0 saturated heterocycles. The van der Waals surface area contributed by atoms with Crippen LogP contribution in [0.25, 0.3) is 0 Å². The number of hydrazone groups is 1. The number of nitrogens with one attached hydrogen (secondary N) is 1. The van der Waals surface area contributed by atoms with E-state index < -0.39 is 11.7 Å². The molecule has 0 saturated carbocycles. The van der Waals surface area contributed by atoms with Crippen LogP contribution in [0.2, 0.25) is 0 Å². The van der Waals surface area contributed by atoms with Gasteiger partial charge in [0, 0.05) is 0 Å². The molecule has 2 aromatic carbocycles. The topological polar surface area (TPSA) is 74.5 Å². The van der Waals surface area contributed by atoms with E-state index in [1.54, 1.807) is 24.3 Å². The van der Waals surface area contributed by atoms with Crippen LogP contribution in [0.4, 0.5) is 4.39 Å². The van der Waals surface area contributed by atoms with Gasteiger partial charge in [0.05, 0.1) is 27.0 Å². The molecule has 1 amide bonds. The van der Waals surface area contributed by atoms with E-state index in [1.807, 2.05) is 6.07 Å². The van der Waals surface area contributed by atoms with Gasteiger partial charge in [0.25, 0.3) is 5.91 Å². The summed E-state index contributed by atoms with van der Waals surface area (Å²) in [5.74, 6) is -0.745. The van der Waals surface area contributed by atoms with Crippen molar-refractivity contribution in [3.05, 3.63) is 75.1 Å². The Morgan fingerprint density at radius 2 is 2.20 bits per heavy atom. The largest absolute Gasteiger partial charge is 0.488 e. The number of carbonyl (C=O) groups excluding carboxylic acids is 1. The zero-order valence-electron chi connectivity index (χ0n) is 13.0. The SMILES string of the molecule is C=CCOc1ccc(/C=N\NC(=O)c2ccc(C#N)cc2F)cc1I. The maximum absolute atomic E-state index is 13.8. The molecule has 0 spiro atoms. The number of benzene rings is 2. The first kappa shape index (κ1) is 18.6. The zero-order valence-corrected chi connectivity index (χ0v) is 15.2. The maximum Gasteiger partial charge on any atom is 0.274 e. The minimum Gasteiger partial charge on any atom is -0.488 e. The van der Waals surface area contributed by atoms with Crippen molar-refractivity contribution in [3.63, 3.8) is 0 Å². The van der Waals surface area contributed by atoms with Crippen LogP contribution in [0.5, 0.6) is 5.75 Å². The van der Waals surface area contributed by atoms with E-state index in [-0.39, 0.29) is 11.1 Å². The second-order valence-corrected chi connectivity index (χ2v) is 5.96. The quantitative estimate of drug-likeness (QED) is 0.317. The van der Waals surface area contributed by atoms with Crippen LogP contribution in [0.3, 0.4) is 0 Å². The van der Waals surface area contributed by atoms with Crippen molar-refractivity contribution in [1.29, 1.82) is 5.26 Å². The van der Waals surface area contributed by atoms with Gasteiger partial charge in [-0.2, -0.15) is 10.4 Å². The Kier molecular flexibility index (Phi) is 6.65. The van der Waals surface area contributed by atoms with E-state index in [4.69, 9.17) is 10.00 Å². The fourth-order valence-corrected chi connectivity index (χ4v) is 2.55. The Bertz CT molecular complexity index is 875. The van der Waals surface area contributed by atoms with Gasteiger partial charge in [-0.05, 0) is 64.6 Å². The molecule has 0 fully saturated rings. The van der Waals surface area contributed by atoms with Crippen molar-refractivity contribution < 1.29 is 13.9 Å². The average molecular weight is 449 g/mol. The molecule has 0 aliphatic carbocycles. The van der Waals surface area contributed by atoms with Gasteiger partial charge in [0.15, 0.2) is 0 Å². The number of halogens is 2. The van der Waals surface area contributed by atoms with Gasteiger partial charge in [0.1, 0.15) is 18.2 Å². The Hall–Kier alpha value is -2.73. The molecule has 0 aliphatic rings. The first-order valence-corrected chi connectivity index (χ1v) is 8.19. The molecule has 0 unspecified atom stereocenters. The first-order valence-electron chi connectivity index (χ1n) is 7.11. The van der Waals surface area contributed by atoms with Crippen LogP contribution in [0, 0.1) is 20.7 Å². The third-order valence-corrected chi connectivity index (χ3v) is 3.88. The van der Waals surface area contributed by atoms with Crippen molar-refractivity contribution in [3.8, 4) is 11.8 Å². The molecular weight excluding hydrogens is 436 g/mol. The summed E-state index contributed by atoms with van der Waals surface area (Å²) in [5, 5.41) is 12.5. The zero-order chi connectivity index (χ0) is 18.2. The molecule has 0 atom stereocenters. The van der Waals surface area contributed by atoms with E-state index in [1.165, 1.54) is 18.3 Å². The highest BCUT2D eigenvalue weighted by Crippen LogP contribution is 2.21. The maximum atomic E-state index is 13.8. The van der Waals surface area contributed by atoms with Gasteiger partial charge >= 0.3 is 0 Å². The van der Waals surface area contributed by atoms with Gasteiger partial charge < -0.3 is 4.74 Å². The highest BCUT2D eigenvalue weighted by molar-refractivity contribution is 14.1. The number of ether oxygens (including phenoxy) is 1. The average Bonchev–Trinajstić information content (AvgIpc) is 2.60. The van der Waals surface area contributed by atoms with Gasteiger partial charge in [-0.15, -0.1) is 0 Å². The fourth-order valence-electron chi connectivity index (χ4n) is 1.86. The molecule has 2 aromatic rings. The smallest absolute Gasteiger partial charge is 0.274 e. The van der Waals surface area contributed by atoms with Crippen molar-refractivity contribution in [1.82, 2.24) is 5.43 Å². The van der Waals surface area contributed by atoms with Crippen LogP contribution < -0.4 is 10.2 Å². The molecule has 5 nitrogen and oxygen atoms in total.